The lowest BCUT2D eigenvalue weighted by molar-refractivity contribution is 0.509. The van der Waals surface area contributed by atoms with E-state index < -0.39 is 0 Å². The van der Waals surface area contributed by atoms with E-state index in [4.69, 9.17) is 16.9 Å². The van der Waals surface area contributed by atoms with Gasteiger partial charge in [0.25, 0.3) is 0 Å². The first kappa shape index (κ1) is 13.2. The van der Waals surface area contributed by atoms with Crippen LogP contribution in [0.3, 0.4) is 0 Å². The zero-order valence-corrected chi connectivity index (χ0v) is 11.3. The smallest absolute Gasteiger partial charge is 0.0639 e. The average Bonchev–Trinajstić information content (AvgIpc) is 2.53. The van der Waals surface area contributed by atoms with Gasteiger partial charge in [-0.05, 0) is 24.6 Å². The van der Waals surface area contributed by atoms with Crippen molar-refractivity contribution in [2.75, 3.05) is 24.5 Å². The predicted octanol–water partition coefficient (Wildman–Crippen LogP) is 2.67. The van der Waals surface area contributed by atoms with Crippen molar-refractivity contribution < 1.29 is 0 Å². The van der Waals surface area contributed by atoms with Crippen LogP contribution in [0.4, 0.5) is 5.69 Å². The van der Waals surface area contributed by atoms with Crippen LogP contribution in [0.25, 0.3) is 0 Å². The number of para-hydroxylation sites is 1. The van der Waals surface area contributed by atoms with Crippen LogP contribution in [-0.4, -0.2) is 25.7 Å². The van der Waals surface area contributed by atoms with Gasteiger partial charge in [-0.3, -0.25) is 0 Å². The number of anilines is 1. The van der Waals surface area contributed by atoms with Crippen molar-refractivity contribution in [3.05, 3.63) is 29.3 Å². The van der Waals surface area contributed by atoms with Gasteiger partial charge in [0.1, 0.15) is 0 Å². The Kier molecular flexibility index (Phi) is 4.46. The molecule has 0 spiro atoms. The molecule has 1 aliphatic heterocycles. The van der Waals surface area contributed by atoms with Crippen molar-refractivity contribution in [2.24, 2.45) is 5.92 Å². The summed E-state index contributed by atoms with van der Waals surface area (Å²) in [5, 5.41) is 13.1. The van der Waals surface area contributed by atoms with E-state index >= 15 is 0 Å². The molecular formula is C14H18ClN3. The van der Waals surface area contributed by atoms with Crippen molar-refractivity contribution in [3.63, 3.8) is 0 Å². The molecule has 1 aliphatic rings. The minimum Gasteiger partial charge on any atom is -0.368 e. The number of hydrogen-bond donors (Lipinski definition) is 1. The second kappa shape index (κ2) is 6.08. The van der Waals surface area contributed by atoms with Crippen molar-refractivity contribution in [2.45, 2.75) is 19.4 Å². The molecule has 0 radical (unpaired) electrons. The van der Waals surface area contributed by atoms with E-state index in [1.54, 1.807) is 0 Å². The Hall–Kier alpha value is -1.24. The first-order valence-electron chi connectivity index (χ1n) is 6.30. The maximum Gasteiger partial charge on any atom is 0.0639 e. The first-order valence-corrected chi connectivity index (χ1v) is 6.68. The van der Waals surface area contributed by atoms with Gasteiger partial charge in [-0.15, -0.1) is 0 Å². The fourth-order valence-corrected chi connectivity index (χ4v) is 2.62. The number of rotatable bonds is 2. The lowest BCUT2D eigenvalue weighted by Crippen LogP contribution is -2.37. The molecule has 1 aromatic rings. The van der Waals surface area contributed by atoms with Crippen LogP contribution in [-0.2, 0) is 0 Å². The third-order valence-corrected chi connectivity index (χ3v) is 3.58. The lowest BCUT2D eigenvalue weighted by atomic mass is 10.1. The maximum atomic E-state index is 8.85. The van der Waals surface area contributed by atoms with Gasteiger partial charge in [-0.1, -0.05) is 30.7 Å². The Bertz CT molecular complexity index is 441. The highest BCUT2D eigenvalue weighted by Gasteiger charge is 2.22. The summed E-state index contributed by atoms with van der Waals surface area (Å²) in [6, 6.07) is 10.4. The maximum absolute atomic E-state index is 8.85. The molecule has 18 heavy (non-hydrogen) atoms. The Morgan fingerprint density at radius 1 is 1.44 bits per heavy atom. The molecule has 0 aromatic heterocycles. The Balaban J connectivity index is 2.19. The fourth-order valence-electron chi connectivity index (χ4n) is 2.37. The van der Waals surface area contributed by atoms with Gasteiger partial charge in [0.05, 0.1) is 23.2 Å². The van der Waals surface area contributed by atoms with E-state index in [0.29, 0.717) is 12.3 Å². The van der Waals surface area contributed by atoms with Crippen molar-refractivity contribution in [1.82, 2.24) is 5.32 Å². The Morgan fingerprint density at radius 3 is 2.94 bits per heavy atom. The van der Waals surface area contributed by atoms with E-state index in [2.05, 4.69) is 23.2 Å². The highest BCUT2D eigenvalue weighted by molar-refractivity contribution is 6.33. The first-order chi connectivity index (χ1) is 8.70. The standard InChI is InChI=1S/C14H18ClN3/c1-11-8-17-12(6-7-16)10-18(9-11)14-5-3-2-4-13(14)15/h2-5,11-12,17H,6,8-10H2,1H3. The number of nitrogens with zero attached hydrogens (tertiary/aromatic N) is 2. The summed E-state index contributed by atoms with van der Waals surface area (Å²) in [6.45, 7) is 4.97. The highest BCUT2D eigenvalue weighted by Crippen LogP contribution is 2.27. The Morgan fingerprint density at radius 2 is 2.22 bits per heavy atom. The molecule has 1 aromatic carbocycles. The van der Waals surface area contributed by atoms with Crippen LogP contribution in [0.5, 0.6) is 0 Å². The molecule has 0 aliphatic carbocycles. The van der Waals surface area contributed by atoms with Crippen LogP contribution in [0.2, 0.25) is 5.02 Å². The average molecular weight is 264 g/mol. The van der Waals surface area contributed by atoms with Crippen molar-refractivity contribution in [1.29, 1.82) is 5.26 Å². The topological polar surface area (TPSA) is 39.1 Å². The predicted molar refractivity (Wildman–Crippen MR) is 74.8 cm³/mol. The lowest BCUT2D eigenvalue weighted by Gasteiger charge is -2.27. The largest absolute Gasteiger partial charge is 0.368 e. The monoisotopic (exact) mass is 263 g/mol. The third-order valence-electron chi connectivity index (χ3n) is 3.26. The van der Waals surface area contributed by atoms with Crippen LogP contribution < -0.4 is 10.2 Å². The minimum absolute atomic E-state index is 0.219. The molecule has 1 heterocycles. The molecule has 2 atom stereocenters. The number of nitrogens with one attached hydrogen (secondary N) is 1. The molecule has 1 saturated heterocycles. The van der Waals surface area contributed by atoms with Crippen LogP contribution in [0, 0.1) is 17.2 Å². The van der Waals surface area contributed by atoms with Gasteiger partial charge in [-0.2, -0.15) is 5.26 Å². The minimum atomic E-state index is 0.219. The molecule has 2 unspecified atom stereocenters. The summed E-state index contributed by atoms with van der Waals surface area (Å²) in [6.07, 6.45) is 0.535. The SMILES string of the molecule is CC1CNC(CC#N)CN(c2ccccc2Cl)C1. The summed E-state index contributed by atoms with van der Waals surface area (Å²) in [4.78, 5) is 2.29. The summed E-state index contributed by atoms with van der Waals surface area (Å²) in [5.41, 5.74) is 1.07. The molecule has 0 bridgehead atoms. The normalized spacial score (nSPS) is 24.4. The van der Waals surface area contributed by atoms with E-state index in [1.807, 2.05) is 24.3 Å². The van der Waals surface area contributed by atoms with Gasteiger partial charge in [0, 0.05) is 19.1 Å². The number of nitriles is 1. The summed E-state index contributed by atoms with van der Waals surface area (Å²) in [7, 11) is 0. The molecule has 96 valence electrons. The van der Waals surface area contributed by atoms with Gasteiger partial charge in [-0.25, -0.2) is 0 Å². The summed E-state index contributed by atoms with van der Waals surface area (Å²) in [5.74, 6) is 0.546. The second-order valence-corrected chi connectivity index (χ2v) is 5.34. The van der Waals surface area contributed by atoms with Gasteiger partial charge in [0.2, 0.25) is 0 Å². The van der Waals surface area contributed by atoms with Crippen molar-refractivity contribution >= 4 is 17.3 Å². The van der Waals surface area contributed by atoms with Gasteiger partial charge in [0.15, 0.2) is 0 Å². The summed E-state index contributed by atoms with van der Waals surface area (Å²) >= 11 is 6.26. The molecule has 3 nitrogen and oxygen atoms in total. The molecule has 4 heteroatoms. The quantitative estimate of drug-likeness (QED) is 0.892. The highest BCUT2D eigenvalue weighted by atomic mass is 35.5. The zero-order valence-electron chi connectivity index (χ0n) is 10.6. The van der Waals surface area contributed by atoms with Crippen LogP contribution in [0.1, 0.15) is 13.3 Å². The third kappa shape index (κ3) is 3.16. The fraction of sp³-hybridized carbons (Fsp3) is 0.500. The van der Waals surface area contributed by atoms with E-state index in [0.717, 1.165) is 30.3 Å². The van der Waals surface area contributed by atoms with E-state index in [9.17, 15) is 0 Å². The molecule has 2 rings (SSSR count). The van der Waals surface area contributed by atoms with E-state index in [1.165, 1.54) is 0 Å². The molecule has 1 N–H and O–H groups in total. The Labute approximate surface area is 113 Å². The number of benzene rings is 1. The number of hydrogen-bond acceptors (Lipinski definition) is 3. The molecule has 0 saturated carbocycles. The van der Waals surface area contributed by atoms with Gasteiger partial charge >= 0.3 is 0 Å². The summed E-state index contributed by atoms with van der Waals surface area (Å²) < 4.78 is 0. The van der Waals surface area contributed by atoms with E-state index in [-0.39, 0.29) is 6.04 Å². The second-order valence-electron chi connectivity index (χ2n) is 4.93. The number of halogens is 1. The van der Waals surface area contributed by atoms with Crippen LogP contribution >= 0.6 is 11.6 Å². The van der Waals surface area contributed by atoms with Crippen molar-refractivity contribution in [3.8, 4) is 6.07 Å². The zero-order chi connectivity index (χ0) is 13.0. The molecule has 0 amide bonds. The molecular weight excluding hydrogens is 246 g/mol. The van der Waals surface area contributed by atoms with Crippen LogP contribution in [0.15, 0.2) is 24.3 Å². The van der Waals surface area contributed by atoms with Gasteiger partial charge < -0.3 is 10.2 Å². The molecule has 1 fully saturated rings.